The second-order valence-corrected chi connectivity index (χ2v) is 8.89. The predicted molar refractivity (Wildman–Crippen MR) is 112 cm³/mol. The van der Waals surface area contributed by atoms with Crippen LogP contribution in [0, 0.1) is 0 Å². The van der Waals surface area contributed by atoms with Gasteiger partial charge < -0.3 is 36.6 Å². The summed E-state index contributed by atoms with van der Waals surface area (Å²) in [5.74, 6) is -0.273. The molecule has 1 fully saturated rings. The smallest absolute Gasteiger partial charge is 0.327 e. The van der Waals surface area contributed by atoms with Crippen molar-refractivity contribution >= 4 is 43.5 Å². The van der Waals surface area contributed by atoms with E-state index in [4.69, 9.17) is 9.79 Å². The minimum Gasteiger partial charge on any atom is -0.412 e. The molecule has 1 aliphatic heterocycles. The van der Waals surface area contributed by atoms with E-state index in [1.807, 2.05) is 37.3 Å². The fraction of sp³-hybridized carbons (Fsp3) is 0.267. The van der Waals surface area contributed by atoms with Crippen LogP contribution in [0.2, 0.25) is 0 Å². The number of hydrogen-bond acceptors (Lipinski definition) is 4. The van der Waals surface area contributed by atoms with Crippen molar-refractivity contribution in [1.29, 1.82) is 0 Å². The highest BCUT2D eigenvalue weighted by molar-refractivity contribution is 8.14. The lowest BCUT2D eigenvalue weighted by atomic mass is 9.99. The minimum absolute atomic E-state index is 0. The Balaban J connectivity index is -0.00000144. The molecule has 0 aliphatic carbocycles. The maximum atomic E-state index is 12.7. The molecule has 9 nitrogen and oxygen atoms in total. The molecule has 1 aromatic rings. The Morgan fingerprint density at radius 1 is 1.22 bits per heavy atom. The largest absolute Gasteiger partial charge is 0.412 e. The average molecular weight is 443 g/mol. The minimum atomic E-state index is -4.16. The Kier molecular flexibility index (Phi) is 14.0. The van der Waals surface area contributed by atoms with Crippen LogP contribution in [0.3, 0.4) is 0 Å². The number of thioether (sulfide) groups is 1. The first-order chi connectivity index (χ1) is 10.7. The van der Waals surface area contributed by atoms with Crippen molar-refractivity contribution in [3.63, 3.8) is 0 Å². The van der Waals surface area contributed by atoms with Gasteiger partial charge in [-0.2, -0.15) is 0 Å². The lowest BCUT2D eigenvalue weighted by molar-refractivity contribution is -0.124. The Hall–Kier alpha value is -1.14. The quantitative estimate of drug-likeness (QED) is 0.316. The van der Waals surface area contributed by atoms with Crippen molar-refractivity contribution < 1.29 is 41.1 Å². The van der Waals surface area contributed by atoms with Gasteiger partial charge in [-0.15, -0.1) is 12.6 Å². The van der Waals surface area contributed by atoms with Crippen molar-refractivity contribution in [3.8, 4) is 0 Å². The third-order valence-electron chi connectivity index (χ3n) is 3.29. The molecule has 1 saturated heterocycles. The topological polar surface area (TPSA) is 204 Å². The maximum absolute atomic E-state index is 12.7. The lowest BCUT2D eigenvalue weighted by Gasteiger charge is -2.19. The van der Waals surface area contributed by atoms with Crippen LogP contribution in [-0.2, 0) is 9.36 Å². The van der Waals surface area contributed by atoms with Crippen LogP contribution < -0.4 is 0 Å². The number of benzene rings is 1. The van der Waals surface area contributed by atoms with Gasteiger partial charge in [0.15, 0.2) is 0 Å². The van der Waals surface area contributed by atoms with Crippen LogP contribution in [0.5, 0.6) is 0 Å². The van der Waals surface area contributed by atoms with Gasteiger partial charge in [0.1, 0.15) is 4.71 Å². The Morgan fingerprint density at radius 2 is 1.74 bits per heavy atom. The lowest BCUT2D eigenvalue weighted by Crippen LogP contribution is -2.32. The van der Waals surface area contributed by atoms with Gasteiger partial charge in [0.05, 0.1) is 11.1 Å². The molecule has 1 amide bonds. The van der Waals surface area contributed by atoms with Gasteiger partial charge in [0, 0.05) is 12.1 Å². The van der Waals surface area contributed by atoms with Gasteiger partial charge in [-0.1, -0.05) is 48.7 Å². The number of amides is 1. The first-order valence-corrected chi connectivity index (χ1v) is 10.1. The molecule has 0 radical (unpaired) electrons. The molecule has 27 heavy (non-hydrogen) atoms. The third-order valence-corrected chi connectivity index (χ3v) is 5.75. The van der Waals surface area contributed by atoms with Gasteiger partial charge in [-0.25, -0.2) is 0 Å². The molecule has 1 atom stereocenters. The number of carbonyl (C=O) groups is 1. The van der Waals surface area contributed by atoms with E-state index in [2.05, 4.69) is 19.2 Å². The number of thiol groups is 1. The van der Waals surface area contributed by atoms with E-state index in [1.54, 1.807) is 0 Å². The van der Waals surface area contributed by atoms with E-state index in [9.17, 15) is 9.36 Å². The number of allylic oxidation sites excluding steroid dienone is 2. The monoisotopic (exact) mass is 443 g/mol. The molecule has 0 aromatic heterocycles. The summed E-state index contributed by atoms with van der Waals surface area (Å²) in [6.07, 6.45) is -0.378. The number of hydrogen-bond donors (Lipinski definition) is 3. The summed E-state index contributed by atoms with van der Waals surface area (Å²) >= 11 is 5.63. The molecule has 0 spiro atoms. The Bertz CT molecular complexity index is 707. The molecular formula is C15H26NO8PS2. The summed E-state index contributed by atoms with van der Waals surface area (Å²) in [4.78, 5) is 32.5. The Morgan fingerprint density at radius 3 is 2.19 bits per heavy atom. The third kappa shape index (κ3) is 7.78. The van der Waals surface area contributed by atoms with E-state index < -0.39 is 12.3 Å². The van der Waals surface area contributed by atoms with E-state index in [1.165, 1.54) is 16.7 Å². The van der Waals surface area contributed by atoms with Gasteiger partial charge >= 0.3 is 7.60 Å². The van der Waals surface area contributed by atoms with Crippen molar-refractivity contribution in [3.05, 3.63) is 53.0 Å². The maximum Gasteiger partial charge on any atom is 0.327 e. The summed E-state index contributed by atoms with van der Waals surface area (Å²) in [6.45, 7) is 5.75. The average Bonchev–Trinajstić information content (AvgIpc) is 2.72. The highest BCUT2D eigenvalue weighted by Gasteiger charge is 2.37. The highest BCUT2D eigenvalue weighted by Crippen LogP contribution is 2.44. The molecule has 1 aromatic carbocycles. The van der Waals surface area contributed by atoms with Crippen LogP contribution in [0.25, 0.3) is 5.57 Å². The number of nitrogens with zero attached hydrogens (tertiary/aromatic N) is 1. The first kappa shape index (κ1) is 30.6. The van der Waals surface area contributed by atoms with Crippen LogP contribution >= 0.6 is 32.0 Å². The highest BCUT2D eigenvalue weighted by atomic mass is 32.2. The van der Waals surface area contributed by atoms with Crippen molar-refractivity contribution in [2.24, 2.45) is 0 Å². The summed E-state index contributed by atoms with van der Waals surface area (Å²) < 4.78 is 10.6. The second-order valence-electron chi connectivity index (χ2n) is 5.18. The molecule has 10 N–H and O–H groups in total. The van der Waals surface area contributed by atoms with Crippen LogP contribution in [0.4, 0.5) is 0 Å². The van der Waals surface area contributed by atoms with Gasteiger partial charge in [0.25, 0.3) is 5.91 Å². The molecule has 1 aliphatic rings. The zero-order valence-corrected chi connectivity index (χ0v) is 17.2. The number of rotatable bonds is 5. The van der Waals surface area contributed by atoms with Gasteiger partial charge in [-0.3, -0.25) is 9.36 Å². The molecule has 1 unspecified atom stereocenters. The zero-order chi connectivity index (χ0) is 17.2. The SMILES string of the molecule is C=C(C)/C(=C1/SC(S)N(CCP(=O)(O)O)C1=O)c1ccccc1.O.O.O.O. The summed E-state index contributed by atoms with van der Waals surface area (Å²) in [5, 5.41) is 0. The zero-order valence-electron chi connectivity index (χ0n) is 14.5. The van der Waals surface area contributed by atoms with Gasteiger partial charge in [0.2, 0.25) is 0 Å². The van der Waals surface area contributed by atoms with Crippen molar-refractivity contribution in [2.45, 2.75) is 11.6 Å². The molecule has 0 saturated carbocycles. The first-order valence-electron chi connectivity index (χ1n) is 6.86. The molecule has 2 rings (SSSR count). The fourth-order valence-corrected chi connectivity index (χ4v) is 4.42. The van der Waals surface area contributed by atoms with Gasteiger partial charge in [-0.05, 0) is 18.1 Å². The fourth-order valence-electron chi connectivity index (χ4n) is 2.24. The standard InChI is InChI=1S/C15H18NO4PS2.4H2O/c1-10(2)12(11-6-4-3-5-7-11)13-14(17)16(15(22)23-13)8-9-21(18,19)20;;;;/h3-7,15,22H,1,8-9H2,2H3,(H2,18,19,20);4*1H2/b13-12-;;;;. The second kappa shape index (κ2) is 12.3. The predicted octanol–water partition coefficient (Wildman–Crippen LogP) is -0.359. The van der Waals surface area contributed by atoms with Crippen molar-refractivity contribution in [2.75, 3.05) is 12.7 Å². The molecule has 1 heterocycles. The van der Waals surface area contributed by atoms with E-state index in [-0.39, 0.29) is 40.5 Å². The number of carbonyl (C=O) groups excluding carboxylic acids is 1. The molecular weight excluding hydrogens is 417 g/mol. The van der Waals surface area contributed by atoms with E-state index >= 15 is 0 Å². The van der Waals surface area contributed by atoms with Crippen LogP contribution in [-0.4, -0.2) is 59.9 Å². The summed E-state index contributed by atoms with van der Waals surface area (Å²) in [5.41, 5.74) is 2.39. The summed E-state index contributed by atoms with van der Waals surface area (Å²) in [7, 11) is -4.16. The molecule has 12 heteroatoms. The normalized spacial score (nSPS) is 17.7. The summed E-state index contributed by atoms with van der Waals surface area (Å²) in [6, 6.07) is 9.45. The molecule has 156 valence electrons. The molecule has 0 bridgehead atoms. The van der Waals surface area contributed by atoms with E-state index in [0.29, 0.717) is 4.91 Å². The van der Waals surface area contributed by atoms with Crippen molar-refractivity contribution in [1.82, 2.24) is 4.90 Å². The van der Waals surface area contributed by atoms with Crippen LogP contribution in [0.1, 0.15) is 12.5 Å². The Labute approximate surface area is 167 Å². The van der Waals surface area contributed by atoms with Crippen LogP contribution in [0.15, 0.2) is 47.4 Å². The van der Waals surface area contributed by atoms with E-state index in [0.717, 1.165) is 16.7 Å².